The normalized spacial score (nSPS) is 12.5. The van der Waals surface area contributed by atoms with Crippen molar-refractivity contribution in [1.29, 1.82) is 0 Å². The first-order valence-electron chi connectivity index (χ1n) is 7.77. The van der Waals surface area contributed by atoms with Crippen molar-refractivity contribution in [2.45, 2.75) is 13.0 Å². The average molecular weight is 443 g/mol. The van der Waals surface area contributed by atoms with Gasteiger partial charge in [0.15, 0.2) is 0 Å². The monoisotopic (exact) mass is 441 g/mol. The van der Waals surface area contributed by atoms with Crippen LogP contribution in [0, 0.1) is 0 Å². The molecular weight excluding hydrogens is 426 g/mol. The Labute approximate surface area is 159 Å². The van der Waals surface area contributed by atoms with Gasteiger partial charge in [0.05, 0.1) is 6.04 Å². The summed E-state index contributed by atoms with van der Waals surface area (Å²) in [4.78, 5) is 4.72. The van der Waals surface area contributed by atoms with Gasteiger partial charge in [-0.15, -0.1) is 0 Å². The summed E-state index contributed by atoms with van der Waals surface area (Å²) in [6, 6.07) is 25.1. The van der Waals surface area contributed by atoms with E-state index in [0.29, 0.717) is 0 Å². The molecule has 3 aromatic carbocycles. The van der Waals surface area contributed by atoms with Crippen molar-refractivity contribution in [3.8, 4) is 11.1 Å². The average Bonchev–Trinajstić information content (AvgIpc) is 2.61. The van der Waals surface area contributed by atoms with Crippen LogP contribution in [0.1, 0.15) is 24.1 Å². The zero-order valence-corrected chi connectivity index (χ0v) is 16.5. The Bertz CT molecular complexity index is 857. The van der Waals surface area contributed by atoms with Gasteiger partial charge >= 0.3 is 0 Å². The molecule has 0 heterocycles. The Morgan fingerprint density at radius 3 is 2.33 bits per heavy atom. The second-order valence-electron chi connectivity index (χ2n) is 5.61. The summed E-state index contributed by atoms with van der Waals surface area (Å²) in [6.07, 6.45) is 1.95. The highest BCUT2D eigenvalue weighted by Crippen LogP contribution is 2.28. The molecule has 24 heavy (non-hydrogen) atoms. The fourth-order valence-corrected chi connectivity index (χ4v) is 3.93. The Morgan fingerprint density at radius 2 is 1.58 bits per heavy atom. The minimum Gasteiger partial charge on any atom is -0.285 e. The Balaban J connectivity index is 1.82. The van der Waals surface area contributed by atoms with E-state index in [1.165, 1.54) is 16.7 Å². The highest BCUT2D eigenvalue weighted by Gasteiger charge is 2.07. The zero-order valence-electron chi connectivity index (χ0n) is 13.3. The van der Waals surface area contributed by atoms with E-state index in [4.69, 9.17) is 4.99 Å². The summed E-state index contributed by atoms with van der Waals surface area (Å²) in [5.74, 6) is 0. The lowest BCUT2D eigenvalue weighted by atomic mass is 10.0. The number of nitrogens with zero attached hydrogens (tertiary/aromatic N) is 1. The van der Waals surface area contributed by atoms with E-state index in [1.54, 1.807) is 0 Å². The van der Waals surface area contributed by atoms with Crippen molar-refractivity contribution in [3.05, 3.63) is 92.9 Å². The smallest absolute Gasteiger partial charge is 0.0731 e. The molecule has 0 saturated carbocycles. The molecule has 0 N–H and O–H groups in total. The van der Waals surface area contributed by atoms with Gasteiger partial charge < -0.3 is 0 Å². The largest absolute Gasteiger partial charge is 0.285 e. The number of hydrogen-bond donors (Lipinski definition) is 0. The molecule has 0 aliphatic heterocycles. The number of aliphatic imine (C=N–C) groups is 1. The van der Waals surface area contributed by atoms with E-state index in [-0.39, 0.29) is 6.04 Å². The van der Waals surface area contributed by atoms with Crippen molar-refractivity contribution < 1.29 is 0 Å². The summed E-state index contributed by atoms with van der Waals surface area (Å²) in [5, 5.41) is 0. The van der Waals surface area contributed by atoms with Crippen LogP contribution in [0.2, 0.25) is 0 Å². The first-order chi connectivity index (χ1) is 11.6. The van der Waals surface area contributed by atoms with E-state index in [0.717, 1.165) is 14.5 Å². The lowest BCUT2D eigenvalue weighted by molar-refractivity contribution is 0.820. The summed E-state index contributed by atoms with van der Waals surface area (Å²) in [7, 11) is 0. The zero-order chi connectivity index (χ0) is 16.9. The van der Waals surface area contributed by atoms with Crippen LogP contribution < -0.4 is 0 Å². The van der Waals surface area contributed by atoms with Crippen molar-refractivity contribution >= 4 is 38.1 Å². The number of halogens is 2. The molecule has 1 nitrogen and oxygen atoms in total. The second kappa shape index (κ2) is 7.91. The van der Waals surface area contributed by atoms with Gasteiger partial charge in [0, 0.05) is 15.2 Å². The molecule has 3 heteroatoms. The van der Waals surface area contributed by atoms with Crippen molar-refractivity contribution in [1.82, 2.24) is 0 Å². The van der Waals surface area contributed by atoms with Crippen molar-refractivity contribution in [2.24, 2.45) is 4.99 Å². The molecule has 3 rings (SSSR count). The highest BCUT2D eigenvalue weighted by atomic mass is 79.9. The van der Waals surface area contributed by atoms with E-state index in [9.17, 15) is 0 Å². The Hall–Kier alpha value is -1.71. The third-order valence-corrected chi connectivity index (χ3v) is 5.03. The molecule has 1 atom stereocenters. The van der Waals surface area contributed by atoms with E-state index in [1.807, 2.05) is 18.3 Å². The highest BCUT2D eigenvalue weighted by molar-refractivity contribution is 9.11. The van der Waals surface area contributed by atoms with Gasteiger partial charge in [-0.1, -0.05) is 86.5 Å². The maximum atomic E-state index is 4.72. The number of benzene rings is 3. The fourth-order valence-electron chi connectivity index (χ4n) is 2.55. The van der Waals surface area contributed by atoms with Gasteiger partial charge in [0.25, 0.3) is 0 Å². The topological polar surface area (TPSA) is 12.4 Å². The third-order valence-electron chi connectivity index (χ3n) is 3.85. The van der Waals surface area contributed by atoms with Crippen LogP contribution >= 0.6 is 31.9 Å². The van der Waals surface area contributed by atoms with E-state index < -0.39 is 0 Å². The van der Waals surface area contributed by atoms with Crippen LogP contribution in [-0.2, 0) is 0 Å². The van der Waals surface area contributed by atoms with E-state index in [2.05, 4.69) is 99.4 Å². The third kappa shape index (κ3) is 4.22. The maximum absolute atomic E-state index is 4.72. The Kier molecular flexibility index (Phi) is 5.64. The molecule has 0 saturated heterocycles. The SMILES string of the molecule is CC(/N=C/c1cccc(-c2ccccc2)c1)c1ccc(Br)cc1Br. The van der Waals surface area contributed by atoms with Gasteiger partial charge in [0.1, 0.15) is 0 Å². The molecule has 0 fully saturated rings. The van der Waals surface area contributed by atoms with E-state index >= 15 is 0 Å². The lowest BCUT2D eigenvalue weighted by Crippen LogP contribution is -1.93. The molecule has 0 amide bonds. The molecule has 0 aliphatic carbocycles. The van der Waals surface area contributed by atoms with Gasteiger partial charge in [-0.3, -0.25) is 4.99 Å². The first-order valence-corrected chi connectivity index (χ1v) is 9.36. The molecule has 0 spiro atoms. The van der Waals surface area contributed by atoms with Crippen LogP contribution in [0.25, 0.3) is 11.1 Å². The standard InChI is InChI=1S/C21H17Br2N/c1-15(20-11-10-19(22)13-21(20)23)24-14-16-6-5-9-18(12-16)17-7-3-2-4-8-17/h2-15H,1H3/b24-14+. The number of rotatable bonds is 4. The van der Waals surface area contributed by atoms with Gasteiger partial charge in [0.2, 0.25) is 0 Å². The molecule has 0 aromatic heterocycles. The molecule has 120 valence electrons. The summed E-state index contributed by atoms with van der Waals surface area (Å²) in [6.45, 7) is 2.10. The summed E-state index contributed by atoms with van der Waals surface area (Å²) >= 11 is 7.10. The van der Waals surface area contributed by atoms with Crippen LogP contribution in [0.4, 0.5) is 0 Å². The quantitative estimate of drug-likeness (QED) is 0.383. The molecule has 3 aromatic rings. The maximum Gasteiger partial charge on any atom is 0.0731 e. The summed E-state index contributed by atoms with van der Waals surface area (Å²) in [5.41, 5.74) is 4.71. The predicted octanol–water partition coefficient (Wildman–Crippen LogP) is 7.06. The molecule has 0 radical (unpaired) electrons. The second-order valence-corrected chi connectivity index (χ2v) is 7.38. The fraction of sp³-hybridized carbons (Fsp3) is 0.0952. The van der Waals surface area contributed by atoms with Crippen LogP contribution in [-0.4, -0.2) is 6.21 Å². The minimum atomic E-state index is 0.0906. The van der Waals surface area contributed by atoms with Gasteiger partial charge in [-0.05, 0) is 47.4 Å². The predicted molar refractivity (Wildman–Crippen MR) is 110 cm³/mol. The van der Waals surface area contributed by atoms with Gasteiger partial charge in [-0.25, -0.2) is 0 Å². The van der Waals surface area contributed by atoms with Crippen LogP contribution in [0.15, 0.2) is 86.7 Å². The molecule has 0 aliphatic rings. The first kappa shape index (κ1) is 17.1. The minimum absolute atomic E-state index is 0.0906. The van der Waals surface area contributed by atoms with Crippen molar-refractivity contribution in [2.75, 3.05) is 0 Å². The van der Waals surface area contributed by atoms with Crippen LogP contribution in [0.5, 0.6) is 0 Å². The Morgan fingerprint density at radius 1 is 0.833 bits per heavy atom. The summed E-state index contributed by atoms with van der Waals surface area (Å²) < 4.78 is 2.13. The van der Waals surface area contributed by atoms with Crippen molar-refractivity contribution in [3.63, 3.8) is 0 Å². The van der Waals surface area contributed by atoms with Gasteiger partial charge in [-0.2, -0.15) is 0 Å². The molecular formula is C21H17Br2N. The number of hydrogen-bond acceptors (Lipinski definition) is 1. The molecule has 0 bridgehead atoms. The van der Waals surface area contributed by atoms with Crippen LogP contribution in [0.3, 0.4) is 0 Å². The lowest BCUT2D eigenvalue weighted by Gasteiger charge is -2.10. The molecule has 1 unspecified atom stereocenters.